The Morgan fingerprint density at radius 1 is 1.04 bits per heavy atom. The lowest BCUT2D eigenvalue weighted by atomic mass is 10.1. The van der Waals surface area contributed by atoms with E-state index in [0.29, 0.717) is 19.5 Å². The molecule has 0 radical (unpaired) electrons. The number of esters is 1. The average Bonchev–Trinajstić information content (AvgIpc) is 2.69. The first-order valence-electron chi connectivity index (χ1n) is 9.05. The highest BCUT2D eigenvalue weighted by molar-refractivity contribution is 5.90. The van der Waals surface area contributed by atoms with Crippen LogP contribution in [0.25, 0.3) is 0 Å². The molecular formula is C22H26N2O3. The molecule has 142 valence electrons. The molecule has 0 unspecified atom stereocenters. The summed E-state index contributed by atoms with van der Waals surface area (Å²) in [5.41, 5.74) is 2.51. The second kappa shape index (κ2) is 10.9. The van der Waals surface area contributed by atoms with Crippen molar-refractivity contribution >= 4 is 12.4 Å². The molecule has 2 aromatic rings. The third-order valence-electron chi connectivity index (χ3n) is 4.15. The first-order chi connectivity index (χ1) is 13.1. The number of nitrogens with zero attached hydrogens (tertiary/aromatic N) is 1. The lowest BCUT2D eigenvalue weighted by Crippen LogP contribution is -2.33. The highest BCUT2D eigenvalue weighted by Crippen LogP contribution is 2.15. The molecule has 5 nitrogen and oxygen atoms in total. The van der Waals surface area contributed by atoms with E-state index < -0.39 is 5.97 Å². The van der Waals surface area contributed by atoms with Crippen molar-refractivity contribution in [3.8, 4) is 0 Å². The summed E-state index contributed by atoms with van der Waals surface area (Å²) in [6.07, 6.45) is 2.23. The second-order valence-electron chi connectivity index (χ2n) is 6.18. The SMILES string of the molecule is CCOC(=O)/C(=C/[C@H](C)N(Cc1ccccc1)Cc1ccccc1)NC=O. The topological polar surface area (TPSA) is 58.6 Å². The minimum atomic E-state index is -0.532. The van der Waals surface area contributed by atoms with Crippen LogP contribution in [-0.4, -0.2) is 29.9 Å². The molecule has 0 saturated heterocycles. The summed E-state index contributed by atoms with van der Waals surface area (Å²) in [5.74, 6) is -0.532. The molecule has 0 spiro atoms. The molecule has 0 saturated carbocycles. The van der Waals surface area contributed by atoms with Crippen molar-refractivity contribution in [3.05, 3.63) is 83.6 Å². The summed E-state index contributed by atoms with van der Waals surface area (Å²) in [6, 6.07) is 20.2. The van der Waals surface area contributed by atoms with Crippen molar-refractivity contribution in [2.24, 2.45) is 0 Å². The molecule has 0 aliphatic rings. The maximum atomic E-state index is 12.1. The number of nitrogens with one attached hydrogen (secondary N) is 1. The van der Waals surface area contributed by atoms with Gasteiger partial charge in [0.15, 0.2) is 0 Å². The molecule has 0 heterocycles. The predicted molar refractivity (Wildman–Crippen MR) is 106 cm³/mol. The van der Waals surface area contributed by atoms with Crippen molar-refractivity contribution in [2.45, 2.75) is 33.0 Å². The lowest BCUT2D eigenvalue weighted by molar-refractivity contribution is -0.139. The summed E-state index contributed by atoms with van der Waals surface area (Å²) in [6.45, 7) is 5.41. The first kappa shape index (κ1) is 20.4. The summed E-state index contributed by atoms with van der Waals surface area (Å²) in [5, 5.41) is 2.46. The van der Waals surface area contributed by atoms with Gasteiger partial charge in [-0.3, -0.25) is 9.69 Å². The van der Waals surface area contributed by atoms with E-state index in [-0.39, 0.29) is 18.3 Å². The summed E-state index contributed by atoms with van der Waals surface area (Å²) in [4.78, 5) is 25.2. The Hall–Kier alpha value is -2.92. The lowest BCUT2D eigenvalue weighted by Gasteiger charge is -2.28. The van der Waals surface area contributed by atoms with Gasteiger partial charge < -0.3 is 10.1 Å². The fourth-order valence-electron chi connectivity index (χ4n) is 2.77. The normalized spacial score (nSPS) is 12.5. The first-order valence-corrected chi connectivity index (χ1v) is 9.05. The summed E-state index contributed by atoms with van der Waals surface area (Å²) >= 11 is 0. The van der Waals surface area contributed by atoms with Gasteiger partial charge >= 0.3 is 5.97 Å². The smallest absolute Gasteiger partial charge is 0.354 e. The number of amides is 1. The van der Waals surface area contributed by atoms with E-state index >= 15 is 0 Å². The molecule has 1 atom stereocenters. The average molecular weight is 366 g/mol. The molecule has 1 N–H and O–H groups in total. The van der Waals surface area contributed by atoms with Crippen LogP contribution < -0.4 is 5.32 Å². The van der Waals surface area contributed by atoms with Gasteiger partial charge in [-0.2, -0.15) is 0 Å². The third kappa shape index (κ3) is 6.72. The standard InChI is InChI=1S/C22H26N2O3/c1-3-27-22(26)21(23-17-25)14-18(2)24(15-19-10-6-4-7-11-19)16-20-12-8-5-9-13-20/h4-14,17-18H,3,15-16H2,1-2H3,(H,23,25)/b21-14-/t18-/m0/s1. The highest BCUT2D eigenvalue weighted by Gasteiger charge is 2.17. The molecule has 0 aromatic heterocycles. The maximum absolute atomic E-state index is 12.1. The molecule has 2 rings (SSSR count). The molecule has 27 heavy (non-hydrogen) atoms. The van der Waals surface area contributed by atoms with Gasteiger partial charge in [0.2, 0.25) is 6.41 Å². The van der Waals surface area contributed by atoms with Crippen molar-refractivity contribution in [1.82, 2.24) is 10.2 Å². The van der Waals surface area contributed by atoms with Crippen LogP contribution in [0.15, 0.2) is 72.4 Å². The van der Waals surface area contributed by atoms with Gasteiger partial charge in [0, 0.05) is 19.1 Å². The van der Waals surface area contributed by atoms with E-state index in [9.17, 15) is 9.59 Å². The number of hydrogen-bond donors (Lipinski definition) is 1. The number of ether oxygens (including phenoxy) is 1. The van der Waals surface area contributed by atoms with E-state index in [1.807, 2.05) is 43.3 Å². The molecule has 0 fully saturated rings. The van der Waals surface area contributed by atoms with E-state index in [1.165, 1.54) is 11.1 Å². The number of rotatable bonds is 10. The molecule has 1 amide bonds. The van der Waals surface area contributed by atoms with Gasteiger partial charge in [-0.15, -0.1) is 0 Å². The zero-order chi connectivity index (χ0) is 19.5. The van der Waals surface area contributed by atoms with E-state index in [2.05, 4.69) is 34.5 Å². The fraction of sp³-hybridized carbons (Fsp3) is 0.273. The van der Waals surface area contributed by atoms with E-state index in [1.54, 1.807) is 13.0 Å². The van der Waals surface area contributed by atoms with Crippen molar-refractivity contribution in [3.63, 3.8) is 0 Å². The number of benzene rings is 2. The highest BCUT2D eigenvalue weighted by atomic mass is 16.5. The van der Waals surface area contributed by atoms with Crippen LogP contribution in [0.2, 0.25) is 0 Å². The van der Waals surface area contributed by atoms with Gasteiger partial charge in [-0.1, -0.05) is 60.7 Å². The van der Waals surface area contributed by atoms with Crippen LogP contribution in [0.5, 0.6) is 0 Å². The molecule has 2 aromatic carbocycles. The van der Waals surface area contributed by atoms with Gasteiger partial charge in [0.25, 0.3) is 0 Å². The van der Waals surface area contributed by atoms with Crippen LogP contribution in [-0.2, 0) is 27.4 Å². The minimum absolute atomic E-state index is 0.0998. The zero-order valence-corrected chi connectivity index (χ0v) is 15.8. The summed E-state index contributed by atoms with van der Waals surface area (Å²) in [7, 11) is 0. The van der Waals surface area contributed by atoms with Gasteiger partial charge in [-0.05, 0) is 31.1 Å². The zero-order valence-electron chi connectivity index (χ0n) is 15.8. The third-order valence-corrected chi connectivity index (χ3v) is 4.15. The van der Waals surface area contributed by atoms with Crippen LogP contribution in [0, 0.1) is 0 Å². The number of carbonyl (C=O) groups is 2. The molecule has 0 bridgehead atoms. The van der Waals surface area contributed by atoms with E-state index in [4.69, 9.17) is 4.74 Å². The second-order valence-corrected chi connectivity index (χ2v) is 6.18. The Balaban J connectivity index is 2.25. The molecule has 0 aliphatic carbocycles. The Morgan fingerprint density at radius 3 is 2.00 bits per heavy atom. The number of hydrogen-bond acceptors (Lipinski definition) is 4. The van der Waals surface area contributed by atoms with Gasteiger partial charge in [-0.25, -0.2) is 4.79 Å². The molecular weight excluding hydrogens is 340 g/mol. The van der Waals surface area contributed by atoms with Gasteiger partial charge in [0.05, 0.1) is 6.61 Å². The van der Waals surface area contributed by atoms with Crippen molar-refractivity contribution in [2.75, 3.05) is 6.61 Å². The molecule has 5 heteroatoms. The van der Waals surface area contributed by atoms with Crippen molar-refractivity contribution in [1.29, 1.82) is 0 Å². The Bertz CT molecular complexity index is 703. The van der Waals surface area contributed by atoms with Gasteiger partial charge in [0.1, 0.15) is 5.70 Å². The van der Waals surface area contributed by atoms with E-state index in [0.717, 1.165) is 0 Å². The predicted octanol–water partition coefficient (Wildman–Crippen LogP) is 3.27. The Morgan fingerprint density at radius 2 is 1.56 bits per heavy atom. The maximum Gasteiger partial charge on any atom is 0.354 e. The quantitative estimate of drug-likeness (QED) is 0.398. The largest absolute Gasteiger partial charge is 0.461 e. The number of carbonyl (C=O) groups excluding carboxylic acids is 2. The minimum Gasteiger partial charge on any atom is -0.461 e. The fourth-order valence-corrected chi connectivity index (χ4v) is 2.77. The van der Waals surface area contributed by atoms with Crippen LogP contribution >= 0.6 is 0 Å². The monoisotopic (exact) mass is 366 g/mol. The van der Waals surface area contributed by atoms with Crippen LogP contribution in [0.1, 0.15) is 25.0 Å². The van der Waals surface area contributed by atoms with Crippen molar-refractivity contribution < 1.29 is 14.3 Å². The van der Waals surface area contributed by atoms with Crippen LogP contribution in [0.4, 0.5) is 0 Å². The Kier molecular flexibility index (Phi) is 8.26. The summed E-state index contributed by atoms with van der Waals surface area (Å²) < 4.78 is 5.03. The molecule has 0 aliphatic heterocycles. The van der Waals surface area contributed by atoms with Crippen LogP contribution in [0.3, 0.4) is 0 Å². The Labute approximate surface area is 160 Å².